The quantitative estimate of drug-likeness (QED) is 0.471. The topological polar surface area (TPSA) is 109 Å². The third-order valence-electron chi connectivity index (χ3n) is 4.29. The Balaban J connectivity index is 1.64. The van der Waals surface area contributed by atoms with Crippen molar-refractivity contribution in [2.75, 3.05) is 36.9 Å². The second-order valence-corrected chi connectivity index (χ2v) is 7.23. The van der Waals surface area contributed by atoms with Gasteiger partial charge in [0.05, 0.1) is 11.4 Å². The second kappa shape index (κ2) is 8.63. The fraction of sp³-hybridized carbons (Fsp3) is 0.389. The van der Waals surface area contributed by atoms with Crippen LogP contribution in [0.2, 0.25) is 0 Å². The molecule has 1 saturated heterocycles. The van der Waals surface area contributed by atoms with Crippen molar-refractivity contribution in [3.8, 4) is 11.8 Å². The van der Waals surface area contributed by atoms with Crippen molar-refractivity contribution in [2.45, 2.75) is 12.8 Å². The van der Waals surface area contributed by atoms with Gasteiger partial charge in [-0.05, 0) is 25.0 Å². The summed E-state index contributed by atoms with van der Waals surface area (Å²) < 4.78 is 1.62. The Bertz CT molecular complexity index is 801. The lowest BCUT2D eigenvalue weighted by Crippen LogP contribution is -2.42. The fourth-order valence-corrected chi connectivity index (χ4v) is 3.78. The molecule has 7 nitrogen and oxygen atoms in total. The van der Waals surface area contributed by atoms with E-state index in [0.717, 1.165) is 36.7 Å². The van der Waals surface area contributed by atoms with Crippen LogP contribution >= 0.6 is 11.8 Å². The van der Waals surface area contributed by atoms with Crippen LogP contribution in [0.25, 0.3) is 5.69 Å². The molecular formula is C18H23N7S. The lowest BCUT2D eigenvalue weighted by atomic mass is 10.1. The molecule has 1 aromatic heterocycles. The van der Waals surface area contributed by atoms with E-state index in [1.807, 2.05) is 42.1 Å². The van der Waals surface area contributed by atoms with E-state index >= 15 is 0 Å². The van der Waals surface area contributed by atoms with Gasteiger partial charge in [0.1, 0.15) is 17.5 Å². The highest BCUT2D eigenvalue weighted by atomic mass is 32.2. The zero-order valence-electron chi connectivity index (χ0n) is 14.6. The number of hydrogen-bond acceptors (Lipinski definition) is 5. The highest BCUT2D eigenvalue weighted by molar-refractivity contribution is 7.99. The number of aryl methyl sites for hydroxylation is 1. The van der Waals surface area contributed by atoms with E-state index in [1.165, 1.54) is 0 Å². The number of rotatable bonds is 5. The number of aliphatic imine (C=N–C) groups is 1. The molecule has 2 aromatic rings. The van der Waals surface area contributed by atoms with Gasteiger partial charge in [-0.1, -0.05) is 18.2 Å². The lowest BCUT2D eigenvalue weighted by Gasteiger charge is -2.27. The van der Waals surface area contributed by atoms with Gasteiger partial charge in [0.25, 0.3) is 0 Å². The van der Waals surface area contributed by atoms with E-state index in [2.05, 4.69) is 21.1 Å². The van der Waals surface area contributed by atoms with Gasteiger partial charge in [-0.15, -0.1) is 0 Å². The summed E-state index contributed by atoms with van der Waals surface area (Å²) in [4.78, 5) is 6.59. The molecule has 0 amide bonds. The van der Waals surface area contributed by atoms with Gasteiger partial charge in [-0.2, -0.15) is 22.1 Å². The monoisotopic (exact) mass is 369 g/mol. The molecule has 1 aromatic carbocycles. The van der Waals surface area contributed by atoms with Crippen LogP contribution in [0.5, 0.6) is 0 Å². The summed E-state index contributed by atoms with van der Waals surface area (Å²) in [6.45, 7) is 2.52. The number of nitrogen functional groups attached to an aromatic ring is 1. The molecule has 0 radical (unpaired) electrons. The Morgan fingerprint density at radius 3 is 2.69 bits per heavy atom. The first kappa shape index (κ1) is 18.1. The summed E-state index contributed by atoms with van der Waals surface area (Å²) in [6.07, 6.45) is 1.41. The number of para-hydroxylation sites is 1. The van der Waals surface area contributed by atoms with Crippen LogP contribution in [-0.2, 0) is 6.42 Å². The van der Waals surface area contributed by atoms with Gasteiger partial charge >= 0.3 is 0 Å². The van der Waals surface area contributed by atoms with Crippen LogP contribution in [0.15, 0.2) is 35.3 Å². The van der Waals surface area contributed by atoms with E-state index in [1.54, 1.807) is 4.68 Å². The van der Waals surface area contributed by atoms with Crippen molar-refractivity contribution < 1.29 is 0 Å². The Hall–Kier alpha value is -2.66. The van der Waals surface area contributed by atoms with Gasteiger partial charge in [-0.3, -0.25) is 4.99 Å². The highest BCUT2D eigenvalue weighted by Gasteiger charge is 2.16. The maximum atomic E-state index is 9.43. The smallest absolute Gasteiger partial charge is 0.191 e. The van der Waals surface area contributed by atoms with Crippen molar-refractivity contribution in [3.05, 3.63) is 41.6 Å². The molecule has 0 unspecified atom stereocenters. The van der Waals surface area contributed by atoms with Crippen molar-refractivity contribution in [3.63, 3.8) is 0 Å². The Labute approximate surface area is 157 Å². The summed E-state index contributed by atoms with van der Waals surface area (Å²) in [5.74, 6) is 3.18. The predicted octanol–water partition coefficient (Wildman–Crippen LogP) is 1.62. The van der Waals surface area contributed by atoms with Crippen LogP contribution in [0.1, 0.15) is 17.7 Å². The van der Waals surface area contributed by atoms with Crippen molar-refractivity contribution >= 4 is 23.5 Å². The Morgan fingerprint density at radius 2 is 2.00 bits per heavy atom. The average Bonchev–Trinajstić information content (AvgIpc) is 3.01. The molecule has 8 heteroatoms. The lowest BCUT2D eigenvalue weighted by molar-refractivity contribution is 0.455. The minimum atomic E-state index is 0.377. The van der Waals surface area contributed by atoms with Gasteiger partial charge < -0.3 is 16.4 Å². The van der Waals surface area contributed by atoms with Crippen LogP contribution in [0.3, 0.4) is 0 Å². The number of nitriles is 1. The normalized spacial score (nSPS) is 15.0. The number of guanidine groups is 1. The zero-order valence-corrected chi connectivity index (χ0v) is 15.5. The van der Waals surface area contributed by atoms with Gasteiger partial charge in [0.15, 0.2) is 5.96 Å². The molecule has 0 saturated carbocycles. The Morgan fingerprint density at radius 1 is 1.27 bits per heavy atom. The van der Waals surface area contributed by atoms with Crippen LogP contribution in [0.4, 0.5) is 5.82 Å². The van der Waals surface area contributed by atoms with Gasteiger partial charge in [0.2, 0.25) is 0 Å². The van der Waals surface area contributed by atoms with Crippen LogP contribution < -0.4 is 11.5 Å². The highest BCUT2D eigenvalue weighted by Crippen LogP contribution is 2.21. The van der Waals surface area contributed by atoms with Crippen LogP contribution in [-0.4, -0.2) is 51.8 Å². The zero-order chi connectivity index (χ0) is 18.4. The van der Waals surface area contributed by atoms with E-state index in [-0.39, 0.29) is 0 Å². The molecule has 26 heavy (non-hydrogen) atoms. The third-order valence-corrected chi connectivity index (χ3v) is 5.23. The summed E-state index contributed by atoms with van der Waals surface area (Å²) >= 11 is 1.94. The van der Waals surface area contributed by atoms with Gasteiger partial charge in [-0.25, -0.2) is 4.68 Å². The van der Waals surface area contributed by atoms with Crippen molar-refractivity contribution in [1.29, 1.82) is 5.26 Å². The third kappa shape index (κ3) is 4.11. The van der Waals surface area contributed by atoms with Crippen molar-refractivity contribution in [2.24, 2.45) is 10.7 Å². The standard InChI is InChI=1S/C18H23N7S/c19-13-15-16(23-25(17(15)20)14-5-2-1-3-6-14)7-4-8-22-18(21)24-9-11-26-12-10-24/h1-3,5-6H,4,7-12,20H2,(H2,21,22). The van der Waals surface area contributed by atoms with E-state index < -0.39 is 0 Å². The number of hydrogen-bond donors (Lipinski definition) is 2. The van der Waals surface area contributed by atoms with E-state index in [9.17, 15) is 5.26 Å². The van der Waals surface area contributed by atoms with E-state index in [0.29, 0.717) is 36.0 Å². The minimum absolute atomic E-state index is 0.377. The first-order valence-corrected chi connectivity index (χ1v) is 9.81. The van der Waals surface area contributed by atoms with E-state index in [4.69, 9.17) is 11.5 Å². The first-order valence-electron chi connectivity index (χ1n) is 8.66. The summed E-state index contributed by atoms with van der Waals surface area (Å²) in [7, 11) is 0. The largest absolute Gasteiger partial charge is 0.382 e. The van der Waals surface area contributed by atoms with Gasteiger partial charge in [0, 0.05) is 31.1 Å². The Kier molecular flexibility index (Phi) is 6.02. The first-order chi connectivity index (χ1) is 12.7. The molecule has 1 aliphatic heterocycles. The fourth-order valence-electron chi connectivity index (χ4n) is 2.87. The molecular weight excluding hydrogens is 346 g/mol. The number of nitrogens with zero attached hydrogens (tertiary/aromatic N) is 5. The molecule has 0 spiro atoms. The number of aromatic nitrogens is 2. The predicted molar refractivity (Wildman–Crippen MR) is 106 cm³/mol. The molecule has 3 rings (SSSR count). The number of benzene rings is 1. The SMILES string of the molecule is N#Cc1c(CCCN=C(N)N2CCSCC2)nn(-c2ccccc2)c1N. The molecule has 1 fully saturated rings. The molecule has 136 valence electrons. The molecule has 1 aliphatic rings. The summed E-state index contributed by atoms with van der Waals surface area (Å²) in [6, 6.07) is 11.8. The average molecular weight is 369 g/mol. The number of anilines is 1. The number of nitrogens with two attached hydrogens (primary N) is 2. The second-order valence-electron chi connectivity index (χ2n) is 6.01. The summed E-state index contributed by atoms with van der Waals surface area (Å²) in [5.41, 5.74) is 14.2. The maximum absolute atomic E-state index is 9.43. The molecule has 0 atom stereocenters. The molecule has 4 N–H and O–H groups in total. The molecule has 0 aliphatic carbocycles. The maximum Gasteiger partial charge on any atom is 0.191 e. The molecule has 2 heterocycles. The van der Waals surface area contributed by atoms with Crippen molar-refractivity contribution in [1.82, 2.24) is 14.7 Å². The van der Waals surface area contributed by atoms with Crippen LogP contribution in [0, 0.1) is 11.3 Å². The molecule has 0 bridgehead atoms. The number of thioether (sulfide) groups is 1. The minimum Gasteiger partial charge on any atom is -0.382 e. The summed E-state index contributed by atoms with van der Waals surface area (Å²) in [5, 5.41) is 14.0.